The first-order valence-corrected chi connectivity index (χ1v) is 43.0. The topological polar surface area (TPSA) is 77.3 Å². The summed E-state index contributed by atoms with van der Waals surface area (Å²) in [5, 5.41) is 6.93. The molecule has 0 aliphatic heterocycles. The molecule has 6 heteroatoms. The highest BCUT2D eigenvalue weighted by Crippen LogP contribution is 2.60. The van der Waals surface area contributed by atoms with E-state index in [0.717, 1.165) is 122 Å². The smallest absolute Gasteiger partial charge is 0.160 e. The predicted octanol–water partition coefficient (Wildman–Crippen LogP) is 29.8. The van der Waals surface area contributed by atoms with Gasteiger partial charge in [0.1, 0.15) is 0 Å². The number of nitrogens with zero attached hydrogens (tertiary/aromatic N) is 6. The van der Waals surface area contributed by atoms with E-state index in [1.807, 2.05) is 48.5 Å². The fourth-order valence-corrected chi connectivity index (χ4v) is 19.7. The minimum Gasteiger partial charge on any atom is -0.247 e. The molecule has 0 saturated heterocycles. The molecule has 18 aromatic carbocycles. The minimum absolute atomic E-state index is 0.481. The second-order valence-corrected chi connectivity index (χ2v) is 32.6. The van der Waals surface area contributed by atoms with Crippen molar-refractivity contribution in [3.8, 4) is 135 Å². The molecule has 2 aliphatic carbocycles. The van der Waals surface area contributed by atoms with Crippen LogP contribution in [0.25, 0.3) is 178 Å². The molecule has 0 fully saturated rings. The van der Waals surface area contributed by atoms with Gasteiger partial charge >= 0.3 is 0 Å². The van der Waals surface area contributed by atoms with E-state index < -0.39 is 10.8 Å². The summed E-state index contributed by atoms with van der Waals surface area (Å²) in [4.78, 5) is 31.3. The summed E-state index contributed by atoms with van der Waals surface area (Å²) in [6.45, 7) is 0. The molecule has 4 aromatic heterocycles. The molecule has 0 amide bonds. The fraction of sp³-hybridized carbons (Fsp3) is 0.0167. The number of hydrogen-bond acceptors (Lipinski definition) is 6. The minimum atomic E-state index is -0.494. The van der Waals surface area contributed by atoms with Crippen LogP contribution < -0.4 is 0 Å². The zero-order valence-electron chi connectivity index (χ0n) is 68.7. The zero-order chi connectivity index (χ0) is 83.5. The summed E-state index contributed by atoms with van der Waals surface area (Å²) in [5.41, 5.74) is 34.5. The Morgan fingerprint density at radius 2 is 0.389 bits per heavy atom. The standard InChI is InChI=1S/2C60H39N3/c1-5-17-42(18-6-1)56-39-57(43-19-7-2-8-20-43)63-59(62-56)45-35-31-41(32-36-45)40-29-33-44(34-30-40)58-52-37-51-48-25-13-15-27-53(48)60(46-21-9-3-10-22-46,47-23-11-4-12-24-47)54(51)38-50(52)49-26-14-16-28-55(49)61-58;1-5-17-40(18-6-1)41-29-31-43(32-30-41)57-39-56(42-19-7-2-8-20-42)62-59(63-57)45-35-33-44(34-36-45)58-52-37-51-48-25-13-15-27-53(48)60(46-21-9-3-10-22-46,47-23-11-4-12-24-47)54(51)38-50(52)49-26-14-16-28-55(49)61-58/h2*1-39H. The molecule has 4 heterocycles. The van der Waals surface area contributed by atoms with Gasteiger partial charge in [0.2, 0.25) is 0 Å². The van der Waals surface area contributed by atoms with Crippen LogP contribution in [0.15, 0.2) is 473 Å². The molecule has 0 unspecified atom stereocenters. The van der Waals surface area contributed by atoms with Crippen molar-refractivity contribution in [2.45, 2.75) is 10.8 Å². The van der Waals surface area contributed by atoms with Crippen molar-refractivity contribution < 1.29 is 0 Å². The number of pyridine rings is 2. The zero-order valence-corrected chi connectivity index (χ0v) is 68.7. The summed E-state index contributed by atoms with van der Waals surface area (Å²) >= 11 is 0. The maximum atomic E-state index is 5.42. The molecule has 24 rings (SSSR count). The summed E-state index contributed by atoms with van der Waals surface area (Å²) in [6.07, 6.45) is 0. The maximum absolute atomic E-state index is 5.42. The van der Waals surface area contributed by atoms with Gasteiger partial charge in [0.15, 0.2) is 11.6 Å². The van der Waals surface area contributed by atoms with E-state index in [-0.39, 0.29) is 0 Å². The van der Waals surface area contributed by atoms with Gasteiger partial charge in [-0.05, 0) is 148 Å². The highest BCUT2D eigenvalue weighted by atomic mass is 14.9. The molecular weight excluding hydrogens is 1530 g/mol. The first-order valence-electron chi connectivity index (χ1n) is 43.0. The number of rotatable bonds is 14. The van der Waals surface area contributed by atoms with E-state index >= 15 is 0 Å². The van der Waals surface area contributed by atoms with Gasteiger partial charge in [0.25, 0.3) is 0 Å². The highest BCUT2D eigenvalue weighted by Gasteiger charge is 2.48. The summed E-state index contributed by atoms with van der Waals surface area (Å²) in [7, 11) is 0. The van der Waals surface area contributed by atoms with Gasteiger partial charge in [0, 0.05) is 66.1 Å². The van der Waals surface area contributed by atoms with E-state index in [1.54, 1.807) is 0 Å². The summed E-state index contributed by atoms with van der Waals surface area (Å²) in [6, 6.07) is 169. The Balaban J connectivity index is 0.000000145. The van der Waals surface area contributed by atoms with Gasteiger partial charge in [-0.3, -0.25) is 0 Å². The lowest BCUT2D eigenvalue weighted by molar-refractivity contribution is 0.769. The van der Waals surface area contributed by atoms with Gasteiger partial charge in [-0.2, -0.15) is 0 Å². The summed E-state index contributed by atoms with van der Waals surface area (Å²) < 4.78 is 0. The number of benzene rings is 18. The van der Waals surface area contributed by atoms with Crippen molar-refractivity contribution >= 4 is 43.4 Å². The van der Waals surface area contributed by atoms with Crippen LogP contribution in [0.4, 0.5) is 0 Å². The third-order valence-corrected chi connectivity index (χ3v) is 25.6. The Hall–Kier alpha value is -16.5. The van der Waals surface area contributed by atoms with Gasteiger partial charge in [-0.15, -0.1) is 0 Å². The normalized spacial score (nSPS) is 12.6. The third kappa shape index (κ3) is 12.9. The second kappa shape index (κ2) is 31.5. The fourth-order valence-electron chi connectivity index (χ4n) is 19.7. The quantitative estimate of drug-likeness (QED) is 0.101. The van der Waals surface area contributed by atoms with Crippen molar-refractivity contribution in [1.82, 2.24) is 29.9 Å². The van der Waals surface area contributed by atoms with Crippen LogP contribution in [0, 0.1) is 0 Å². The van der Waals surface area contributed by atoms with Crippen molar-refractivity contribution in [1.29, 1.82) is 0 Å². The SMILES string of the molecule is c1ccc(-c2cc(-c3ccccc3)nc(-c3ccc(-c4ccc(-c5nc6ccccc6c6cc7c(cc56)-c5ccccc5C7(c5ccccc5)c5ccccc5)cc4)cc3)n2)cc1.c1ccc(-c2ccc(-c3cc(-c4ccccc4)nc(-c4ccc(-c5nc6ccccc6c6cc7c(cc56)-c5ccccc5C7(c5ccccc5)c5ccccc5)cc4)n3)cc2)cc1. The highest BCUT2D eigenvalue weighted by molar-refractivity contribution is 6.15. The lowest BCUT2D eigenvalue weighted by Gasteiger charge is -2.34. The van der Waals surface area contributed by atoms with E-state index in [2.05, 4.69) is 425 Å². The van der Waals surface area contributed by atoms with Gasteiger partial charge in [-0.25, -0.2) is 29.9 Å². The predicted molar refractivity (Wildman–Crippen MR) is 519 cm³/mol. The molecule has 0 spiro atoms. The van der Waals surface area contributed by atoms with Crippen molar-refractivity contribution in [2.24, 2.45) is 0 Å². The largest absolute Gasteiger partial charge is 0.247 e. The Labute approximate surface area is 731 Å². The molecule has 0 N–H and O–H groups in total. The van der Waals surface area contributed by atoms with E-state index in [9.17, 15) is 0 Å². The van der Waals surface area contributed by atoms with Crippen molar-refractivity contribution in [2.75, 3.05) is 0 Å². The van der Waals surface area contributed by atoms with Crippen LogP contribution in [0.3, 0.4) is 0 Å². The molecule has 126 heavy (non-hydrogen) atoms. The molecule has 0 atom stereocenters. The van der Waals surface area contributed by atoms with Crippen LogP contribution >= 0.6 is 0 Å². The molecule has 588 valence electrons. The first kappa shape index (κ1) is 74.5. The summed E-state index contributed by atoms with van der Waals surface area (Å²) in [5.74, 6) is 1.37. The monoisotopic (exact) mass is 1600 g/mol. The second-order valence-electron chi connectivity index (χ2n) is 32.6. The van der Waals surface area contributed by atoms with Crippen LogP contribution in [0.1, 0.15) is 44.5 Å². The molecule has 6 nitrogen and oxygen atoms in total. The van der Waals surface area contributed by atoms with Gasteiger partial charge in [-0.1, -0.05) is 425 Å². The molecule has 0 radical (unpaired) electrons. The number of fused-ring (bicyclic) bond motifs is 12. The molecule has 0 saturated carbocycles. The van der Waals surface area contributed by atoms with E-state index in [1.165, 1.54) is 88.7 Å². The number of aromatic nitrogens is 6. The average molecular weight is 1600 g/mol. The van der Waals surface area contributed by atoms with Crippen LogP contribution in [-0.2, 0) is 10.8 Å². The average Bonchev–Trinajstić information content (AvgIpc) is 1.53. The van der Waals surface area contributed by atoms with Crippen LogP contribution in [0.2, 0.25) is 0 Å². The van der Waals surface area contributed by atoms with E-state index in [4.69, 9.17) is 29.9 Å². The Morgan fingerprint density at radius 1 is 0.143 bits per heavy atom. The van der Waals surface area contributed by atoms with Crippen LogP contribution in [0.5, 0.6) is 0 Å². The lowest BCUT2D eigenvalue weighted by atomic mass is 9.67. The molecule has 0 bridgehead atoms. The van der Waals surface area contributed by atoms with Gasteiger partial charge in [0.05, 0.1) is 56.0 Å². The number of hydrogen-bond donors (Lipinski definition) is 0. The Morgan fingerprint density at radius 3 is 0.722 bits per heavy atom. The Bertz CT molecular complexity index is 7720. The third-order valence-electron chi connectivity index (χ3n) is 25.6. The first-order chi connectivity index (χ1) is 62.4. The number of para-hydroxylation sites is 2. The lowest BCUT2D eigenvalue weighted by Crippen LogP contribution is -2.28. The van der Waals surface area contributed by atoms with Gasteiger partial charge < -0.3 is 0 Å². The van der Waals surface area contributed by atoms with Crippen LogP contribution in [-0.4, -0.2) is 29.9 Å². The Kier molecular flexibility index (Phi) is 18.6. The van der Waals surface area contributed by atoms with Crippen molar-refractivity contribution in [3.05, 3.63) is 518 Å². The van der Waals surface area contributed by atoms with Crippen molar-refractivity contribution in [3.63, 3.8) is 0 Å². The molecular formula is C120H78N6. The molecule has 2 aliphatic rings. The van der Waals surface area contributed by atoms with E-state index in [0.29, 0.717) is 11.6 Å². The maximum Gasteiger partial charge on any atom is 0.160 e. The molecule has 22 aromatic rings.